The minimum absolute atomic E-state index is 0.232. The Bertz CT molecular complexity index is 478. The molecule has 0 heterocycles. The molecular weight excluding hydrogens is 291 g/mol. The van der Waals surface area contributed by atoms with Crippen LogP contribution in [0.1, 0.15) is 19.8 Å². The lowest BCUT2D eigenvalue weighted by atomic mass is 10.3. The summed E-state index contributed by atoms with van der Waals surface area (Å²) in [6, 6.07) is 4.82. The lowest BCUT2D eigenvalue weighted by molar-refractivity contribution is 0.166. The van der Waals surface area contributed by atoms with Crippen molar-refractivity contribution >= 4 is 40.2 Å². The average molecular weight is 305 g/mol. The molecule has 0 bridgehead atoms. The topological polar surface area (TPSA) is 59.9 Å². The fourth-order valence-electron chi connectivity index (χ4n) is 1.25. The van der Waals surface area contributed by atoms with Gasteiger partial charge in [0.1, 0.15) is 10.9 Å². The van der Waals surface area contributed by atoms with Crippen molar-refractivity contribution in [2.75, 3.05) is 12.4 Å². The van der Waals surface area contributed by atoms with E-state index >= 15 is 0 Å². The fourth-order valence-corrected chi connectivity index (χ4v) is 1.65. The molecule has 1 aromatic carbocycles. The zero-order chi connectivity index (χ0) is 14.3. The summed E-state index contributed by atoms with van der Waals surface area (Å²) in [6.45, 7) is 1.94. The Balaban J connectivity index is 2.66. The molecule has 0 unspecified atom stereocenters. The Kier molecular flexibility index (Phi) is 6.45. The molecule has 0 aliphatic rings. The number of methoxy groups -OCH3 is 1. The molecule has 0 aliphatic carbocycles. The van der Waals surface area contributed by atoms with Crippen molar-refractivity contribution in [1.29, 1.82) is 0 Å². The largest absolute Gasteiger partial charge is 0.495 e. The molecule has 19 heavy (non-hydrogen) atoms. The Labute approximate surface area is 121 Å². The predicted molar refractivity (Wildman–Crippen MR) is 76.3 cm³/mol. The highest BCUT2D eigenvalue weighted by Gasteiger charge is 2.09. The zero-order valence-electron chi connectivity index (χ0n) is 10.6. The minimum atomic E-state index is -0.769. The van der Waals surface area contributed by atoms with Gasteiger partial charge in [-0.1, -0.05) is 35.3 Å². The number of halogens is 2. The Morgan fingerprint density at radius 3 is 2.84 bits per heavy atom. The summed E-state index contributed by atoms with van der Waals surface area (Å²) in [5.41, 5.74) is 0.391. The van der Waals surface area contributed by atoms with Crippen molar-refractivity contribution in [1.82, 2.24) is 0 Å². The highest BCUT2D eigenvalue weighted by molar-refractivity contribution is 6.65. The van der Waals surface area contributed by atoms with Crippen LogP contribution in [0.5, 0.6) is 5.75 Å². The van der Waals surface area contributed by atoms with Crippen LogP contribution in [0.3, 0.4) is 0 Å². The van der Waals surface area contributed by atoms with E-state index in [4.69, 9.17) is 27.9 Å². The zero-order valence-corrected chi connectivity index (χ0v) is 12.1. The number of carbonyl (C=O) groups is 1. The lowest BCUT2D eigenvalue weighted by Gasteiger charge is -2.08. The number of nitrogens with one attached hydrogen (secondary N) is 1. The van der Waals surface area contributed by atoms with Gasteiger partial charge in [0.05, 0.1) is 12.8 Å². The van der Waals surface area contributed by atoms with Gasteiger partial charge in [-0.15, -0.1) is 0 Å². The highest BCUT2D eigenvalue weighted by Crippen LogP contribution is 2.27. The first-order valence-corrected chi connectivity index (χ1v) is 6.36. The van der Waals surface area contributed by atoms with Crippen LogP contribution in [-0.2, 0) is 4.84 Å². The number of anilines is 1. The summed E-state index contributed by atoms with van der Waals surface area (Å²) in [7, 11) is 1.48. The second kappa shape index (κ2) is 7.86. The van der Waals surface area contributed by atoms with Crippen LogP contribution >= 0.6 is 23.2 Å². The second-order valence-electron chi connectivity index (χ2n) is 3.57. The molecule has 0 atom stereocenters. The maximum atomic E-state index is 11.5. The molecule has 1 N–H and O–H groups in total. The van der Waals surface area contributed by atoms with Crippen LogP contribution in [0.4, 0.5) is 10.5 Å². The number of rotatable bonds is 5. The third-order valence-corrected chi connectivity index (χ3v) is 2.58. The molecular formula is C12H14Cl2N2O3. The molecule has 1 aromatic rings. The second-order valence-corrected chi connectivity index (χ2v) is 4.44. The number of hydrogen-bond acceptors (Lipinski definition) is 4. The first kappa shape index (κ1) is 15.6. The number of carbonyl (C=O) groups excluding carboxylic acids is 1. The van der Waals surface area contributed by atoms with Crippen molar-refractivity contribution in [3.05, 3.63) is 23.2 Å². The van der Waals surface area contributed by atoms with E-state index in [0.717, 1.165) is 6.42 Å². The number of oxime groups is 1. The highest BCUT2D eigenvalue weighted by atomic mass is 35.5. The average Bonchev–Trinajstić information content (AvgIpc) is 2.37. The molecule has 0 spiro atoms. The summed E-state index contributed by atoms with van der Waals surface area (Å²) >= 11 is 11.5. The van der Waals surface area contributed by atoms with E-state index in [1.54, 1.807) is 18.2 Å². The Hall–Kier alpha value is -1.46. The van der Waals surface area contributed by atoms with Gasteiger partial charge in [0.15, 0.2) is 0 Å². The quantitative estimate of drug-likeness (QED) is 0.502. The molecule has 5 nitrogen and oxygen atoms in total. The van der Waals surface area contributed by atoms with Gasteiger partial charge in [-0.2, -0.15) is 0 Å². The standard InChI is InChI=1S/C12H14Cl2N2O3/c1-3-4-11(14)16-19-12(17)15-9-7-8(13)5-6-10(9)18-2/h5-7H,3-4H2,1-2H3,(H,15,17). The monoisotopic (exact) mass is 304 g/mol. The number of ether oxygens (including phenoxy) is 1. The van der Waals surface area contributed by atoms with Crippen LogP contribution in [0, 0.1) is 0 Å². The molecule has 0 aromatic heterocycles. The fraction of sp³-hybridized carbons (Fsp3) is 0.333. The van der Waals surface area contributed by atoms with E-state index < -0.39 is 6.09 Å². The van der Waals surface area contributed by atoms with Crippen LogP contribution < -0.4 is 10.1 Å². The van der Waals surface area contributed by atoms with Gasteiger partial charge < -0.3 is 4.74 Å². The molecule has 0 saturated carbocycles. The normalized spacial score (nSPS) is 11.1. The van der Waals surface area contributed by atoms with Gasteiger partial charge in [0.25, 0.3) is 0 Å². The van der Waals surface area contributed by atoms with Gasteiger partial charge >= 0.3 is 6.09 Å². The molecule has 0 aliphatic heterocycles. The molecule has 0 fully saturated rings. The summed E-state index contributed by atoms with van der Waals surface area (Å²) in [5, 5.41) is 6.64. The number of benzene rings is 1. The summed E-state index contributed by atoms with van der Waals surface area (Å²) in [6.07, 6.45) is 0.597. The lowest BCUT2D eigenvalue weighted by Crippen LogP contribution is -2.12. The van der Waals surface area contributed by atoms with E-state index in [-0.39, 0.29) is 5.17 Å². The van der Waals surface area contributed by atoms with Crippen molar-refractivity contribution < 1.29 is 14.4 Å². The summed E-state index contributed by atoms with van der Waals surface area (Å²) in [5.74, 6) is 0.463. The number of hydrogen-bond donors (Lipinski definition) is 1. The molecule has 1 amide bonds. The van der Waals surface area contributed by atoms with Crippen LogP contribution in [0.2, 0.25) is 5.02 Å². The van der Waals surface area contributed by atoms with Gasteiger partial charge in [-0.3, -0.25) is 10.2 Å². The molecule has 1 rings (SSSR count). The SMILES string of the molecule is CCCC(Cl)=NOC(=O)Nc1cc(Cl)ccc1OC. The van der Waals surface area contributed by atoms with Gasteiger partial charge in [-0.05, 0) is 24.6 Å². The first-order chi connectivity index (χ1) is 9.06. The van der Waals surface area contributed by atoms with Gasteiger partial charge in [0, 0.05) is 11.4 Å². The summed E-state index contributed by atoms with van der Waals surface area (Å²) < 4.78 is 5.07. The van der Waals surface area contributed by atoms with E-state index in [2.05, 4.69) is 15.3 Å². The van der Waals surface area contributed by atoms with Crippen LogP contribution in [0.15, 0.2) is 23.4 Å². The van der Waals surface area contributed by atoms with E-state index in [9.17, 15) is 4.79 Å². The third kappa shape index (κ3) is 5.36. The van der Waals surface area contributed by atoms with Gasteiger partial charge in [0.2, 0.25) is 0 Å². The predicted octanol–water partition coefficient (Wildman–Crippen LogP) is 4.25. The Morgan fingerprint density at radius 1 is 1.47 bits per heavy atom. The summed E-state index contributed by atoms with van der Waals surface area (Å²) in [4.78, 5) is 16.1. The first-order valence-electron chi connectivity index (χ1n) is 5.60. The maximum Gasteiger partial charge on any atom is 0.437 e. The van der Waals surface area contributed by atoms with Crippen molar-refractivity contribution in [2.24, 2.45) is 5.16 Å². The maximum absolute atomic E-state index is 11.5. The molecule has 7 heteroatoms. The van der Waals surface area contributed by atoms with Crippen LogP contribution in [0.25, 0.3) is 0 Å². The van der Waals surface area contributed by atoms with Crippen LogP contribution in [-0.4, -0.2) is 18.4 Å². The molecule has 0 saturated heterocycles. The number of nitrogens with zero attached hydrogens (tertiary/aromatic N) is 1. The third-order valence-electron chi connectivity index (χ3n) is 2.08. The molecule has 0 radical (unpaired) electrons. The van der Waals surface area contributed by atoms with E-state index in [1.165, 1.54) is 7.11 Å². The number of amides is 1. The minimum Gasteiger partial charge on any atom is -0.495 e. The smallest absolute Gasteiger partial charge is 0.437 e. The van der Waals surface area contributed by atoms with E-state index in [0.29, 0.717) is 22.9 Å². The molecule has 104 valence electrons. The van der Waals surface area contributed by atoms with Crippen molar-refractivity contribution in [3.8, 4) is 5.75 Å². The van der Waals surface area contributed by atoms with Crippen molar-refractivity contribution in [3.63, 3.8) is 0 Å². The van der Waals surface area contributed by atoms with Gasteiger partial charge in [-0.25, -0.2) is 4.79 Å². The van der Waals surface area contributed by atoms with E-state index in [1.807, 2.05) is 6.92 Å². The van der Waals surface area contributed by atoms with Crippen molar-refractivity contribution in [2.45, 2.75) is 19.8 Å². The Morgan fingerprint density at radius 2 is 2.21 bits per heavy atom.